The number of hydrogen-bond acceptors (Lipinski definition) is 4. The minimum Gasteiger partial charge on any atom is -0.373 e. The SMILES string of the molecule is CNc1nc(-c2scc(C)c2Cl)nc2c(Cl)cc(Cl)cc12. The van der Waals surface area contributed by atoms with Crippen molar-refractivity contribution in [2.45, 2.75) is 6.92 Å². The first-order chi connectivity index (χ1) is 10.0. The Bertz CT molecular complexity index is 845. The maximum Gasteiger partial charge on any atom is 0.173 e. The van der Waals surface area contributed by atoms with Crippen molar-refractivity contribution < 1.29 is 0 Å². The Labute approximate surface area is 140 Å². The Morgan fingerprint density at radius 1 is 1.14 bits per heavy atom. The summed E-state index contributed by atoms with van der Waals surface area (Å²) in [5, 5.41) is 7.52. The summed E-state index contributed by atoms with van der Waals surface area (Å²) in [4.78, 5) is 9.92. The van der Waals surface area contributed by atoms with E-state index < -0.39 is 0 Å². The van der Waals surface area contributed by atoms with E-state index in [4.69, 9.17) is 34.8 Å². The normalized spacial score (nSPS) is 11.1. The van der Waals surface area contributed by atoms with Crippen LogP contribution < -0.4 is 5.32 Å². The average molecular weight is 359 g/mol. The van der Waals surface area contributed by atoms with Gasteiger partial charge in [-0.1, -0.05) is 34.8 Å². The number of hydrogen-bond donors (Lipinski definition) is 1. The van der Waals surface area contributed by atoms with Gasteiger partial charge in [-0.2, -0.15) is 0 Å². The molecule has 2 heterocycles. The molecule has 1 N–H and O–H groups in total. The van der Waals surface area contributed by atoms with E-state index in [2.05, 4.69) is 15.3 Å². The van der Waals surface area contributed by atoms with Crippen LogP contribution in [-0.4, -0.2) is 17.0 Å². The number of thiophene rings is 1. The molecule has 2 aromatic heterocycles. The quantitative estimate of drug-likeness (QED) is 0.641. The molecular formula is C14H10Cl3N3S. The summed E-state index contributed by atoms with van der Waals surface area (Å²) in [7, 11) is 1.79. The zero-order chi connectivity index (χ0) is 15.1. The molecule has 0 bridgehead atoms. The highest BCUT2D eigenvalue weighted by Gasteiger charge is 2.16. The summed E-state index contributed by atoms with van der Waals surface area (Å²) in [6.45, 7) is 1.95. The second-order valence-electron chi connectivity index (χ2n) is 4.49. The van der Waals surface area contributed by atoms with Crippen molar-refractivity contribution in [2.75, 3.05) is 12.4 Å². The van der Waals surface area contributed by atoms with Crippen LogP contribution in [0.3, 0.4) is 0 Å². The second-order valence-corrected chi connectivity index (χ2v) is 6.59. The van der Waals surface area contributed by atoms with Crippen LogP contribution >= 0.6 is 46.1 Å². The Balaban J connectivity index is 2.34. The lowest BCUT2D eigenvalue weighted by atomic mass is 10.2. The molecule has 0 saturated carbocycles. The zero-order valence-electron chi connectivity index (χ0n) is 11.2. The third kappa shape index (κ3) is 2.57. The fraction of sp³-hybridized carbons (Fsp3) is 0.143. The number of fused-ring (bicyclic) bond motifs is 1. The van der Waals surface area contributed by atoms with Crippen molar-refractivity contribution in [1.29, 1.82) is 0 Å². The average Bonchev–Trinajstić information content (AvgIpc) is 2.78. The van der Waals surface area contributed by atoms with Crippen LogP contribution in [0, 0.1) is 6.92 Å². The van der Waals surface area contributed by atoms with Gasteiger partial charge < -0.3 is 5.32 Å². The molecule has 0 aliphatic rings. The molecule has 0 amide bonds. The summed E-state index contributed by atoms with van der Waals surface area (Å²) in [6, 6.07) is 3.46. The molecule has 7 heteroatoms. The highest BCUT2D eigenvalue weighted by atomic mass is 35.5. The zero-order valence-corrected chi connectivity index (χ0v) is 14.3. The third-order valence-corrected chi connectivity index (χ3v) is 5.26. The molecular weight excluding hydrogens is 349 g/mol. The molecule has 0 aliphatic heterocycles. The Morgan fingerprint density at radius 2 is 1.90 bits per heavy atom. The molecule has 108 valence electrons. The standard InChI is InChI=1S/C14H10Cl3N3S/c1-6-5-21-12(10(6)17)14-19-11-8(13(18-2)20-14)3-7(15)4-9(11)16/h3-5H,1-2H3,(H,18,19,20). The summed E-state index contributed by atoms with van der Waals surface area (Å²) in [5.41, 5.74) is 1.66. The van der Waals surface area contributed by atoms with Gasteiger partial charge >= 0.3 is 0 Å². The van der Waals surface area contributed by atoms with Crippen LogP contribution in [0.1, 0.15) is 5.56 Å². The highest BCUT2D eigenvalue weighted by molar-refractivity contribution is 7.14. The molecule has 0 spiro atoms. The predicted molar refractivity (Wildman–Crippen MR) is 92.2 cm³/mol. The lowest BCUT2D eigenvalue weighted by Crippen LogP contribution is -1.98. The van der Waals surface area contributed by atoms with Crippen LogP contribution in [0.5, 0.6) is 0 Å². The lowest BCUT2D eigenvalue weighted by Gasteiger charge is -2.09. The van der Waals surface area contributed by atoms with Gasteiger partial charge in [0.15, 0.2) is 5.82 Å². The van der Waals surface area contributed by atoms with E-state index in [-0.39, 0.29) is 0 Å². The molecule has 3 aromatic rings. The van der Waals surface area contributed by atoms with Crippen molar-refractivity contribution in [3.8, 4) is 10.7 Å². The summed E-state index contributed by atoms with van der Waals surface area (Å²) >= 11 is 20.1. The molecule has 1 aromatic carbocycles. The van der Waals surface area contributed by atoms with Gasteiger partial charge in [-0.05, 0) is 30.0 Å². The van der Waals surface area contributed by atoms with Crippen molar-refractivity contribution >= 4 is 62.9 Å². The van der Waals surface area contributed by atoms with Gasteiger partial charge in [0, 0.05) is 17.5 Å². The topological polar surface area (TPSA) is 37.8 Å². The van der Waals surface area contributed by atoms with Gasteiger partial charge in [0.1, 0.15) is 5.82 Å². The number of aromatic nitrogens is 2. The van der Waals surface area contributed by atoms with Gasteiger partial charge in [-0.3, -0.25) is 0 Å². The first kappa shape index (κ1) is 14.9. The number of benzene rings is 1. The van der Waals surface area contributed by atoms with E-state index in [0.29, 0.717) is 32.2 Å². The Hall–Kier alpha value is -1.07. The molecule has 3 nitrogen and oxygen atoms in total. The number of rotatable bonds is 2. The predicted octanol–water partition coefficient (Wildman–Crippen LogP) is 5.67. The fourth-order valence-corrected chi connectivity index (χ4v) is 3.78. The largest absolute Gasteiger partial charge is 0.373 e. The first-order valence-electron chi connectivity index (χ1n) is 6.09. The molecule has 0 atom stereocenters. The van der Waals surface area contributed by atoms with Crippen molar-refractivity contribution in [1.82, 2.24) is 9.97 Å². The van der Waals surface area contributed by atoms with E-state index in [1.807, 2.05) is 12.3 Å². The van der Waals surface area contributed by atoms with Crippen molar-refractivity contribution in [3.05, 3.63) is 38.1 Å². The minimum atomic E-state index is 0.488. The number of nitrogens with zero attached hydrogens (tertiary/aromatic N) is 2. The molecule has 21 heavy (non-hydrogen) atoms. The van der Waals surface area contributed by atoms with E-state index >= 15 is 0 Å². The highest BCUT2D eigenvalue weighted by Crippen LogP contribution is 2.38. The fourth-order valence-electron chi connectivity index (χ4n) is 2.03. The second kappa shape index (κ2) is 5.61. The van der Waals surface area contributed by atoms with Crippen LogP contribution in [0.25, 0.3) is 21.6 Å². The smallest absolute Gasteiger partial charge is 0.173 e. The van der Waals surface area contributed by atoms with Crippen molar-refractivity contribution in [2.24, 2.45) is 0 Å². The van der Waals surface area contributed by atoms with E-state index in [9.17, 15) is 0 Å². The van der Waals surface area contributed by atoms with Crippen molar-refractivity contribution in [3.63, 3.8) is 0 Å². The Kier molecular flexibility index (Phi) is 3.97. The first-order valence-corrected chi connectivity index (χ1v) is 8.11. The lowest BCUT2D eigenvalue weighted by molar-refractivity contribution is 1.22. The van der Waals surface area contributed by atoms with Gasteiger partial charge in [-0.15, -0.1) is 11.3 Å². The number of aryl methyl sites for hydroxylation is 1. The van der Waals surface area contributed by atoms with Gasteiger partial charge in [0.05, 0.1) is 20.4 Å². The van der Waals surface area contributed by atoms with E-state index in [1.54, 1.807) is 19.2 Å². The third-order valence-electron chi connectivity index (χ3n) is 3.06. The van der Waals surface area contributed by atoms with E-state index in [1.165, 1.54) is 11.3 Å². The molecule has 0 fully saturated rings. The van der Waals surface area contributed by atoms with Gasteiger partial charge in [-0.25, -0.2) is 9.97 Å². The maximum atomic E-state index is 6.31. The molecule has 0 saturated heterocycles. The van der Waals surface area contributed by atoms with Gasteiger partial charge in [0.2, 0.25) is 0 Å². The molecule has 3 rings (SSSR count). The number of anilines is 1. The minimum absolute atomic E-state index is 0.488. The Morgan fingerprint density at radius 3 is 2.52 bits per heavy atom. The molecule has 0 aliphatic carbocycles. The van der Waals surface area contributed by atoms with Crippen LogP contribution in [0.4, 0.5) is 5.82 Å². The van der Waals surface area contributed by atoms with E-state index in [0.717, 1.165) is 15.8 Å². The summed E-state index contributed by atoms with van der Waals surface area (Å²) in [6.07, 6.45) is 0. The van der Waals surface area contributed by atoms with Gasteiger partial charge in [0.25, 0.3) is 0 Å². The molecule has 0 radical (unpaired) electrons. The number of nitrogens with one attached hydrogen (secondary N) is 1. The molecule has 0 unspecified atom stereocenters. The van der Waals surface area contributed by atoms with Crippen LogP contribution in [-0.2, 0) is 0 Å². The number of halogens is 3. The summed E-state index contributed by atoms with van der Waals surface area (Å²) in [5.74, 6) is 1.22. The monoisotopic (exact) mass is 357 g/mol. The van der Waals surface area contributed by atoms with Crippen LogP contribution in [0.2, 0.25) is 15.1 Å². The van der Waals surface area contributed by atoms with Crippen LogP contribution in [0.15, 0.2) is 17.5 Å². The summed E-state index contributed by atoms with van der Waals surface area (Å²) < 4.78 is 0. The maximum absolute atomic E-state index is 6.31.